The molecule has 204 valence electrons. The number of aliphatic hydroxyl groups excluding tert-OH is 1. The molecule has 0 saturated carbocycles. The molecular weight excluding hydrogens is 542 g/mol. The number of ketones is 1. The van der Waals surface area contributed by atoms with Crippen molar-refractivity contribution in [3.63, 3.8) is 0 Å². The van der Waals surface area contributed by atoms with Crippen molar-refractivity contribution in [1.29, 1.82) is 0 Å². The van der Waals surface area contributed by atoms with E-state index in [1.54, 1.807) is 32.0 Å². The molecule has 4 aromatic rings. The van der Waals surface area contributed by atoms with Crippen LogP contribution in [0.1, 0.15) is 44.4 Å². The van der Waals surface area contributed by atoms with Gasteiger partial charge in [0.15, 0.2) is 28.0 Å². The molecule has 1 atom stereocenters. The fourth-order valence-corrected chi connectivity index (χ4v) is 5.46. The maximum absolute atomic E-state index is 13.9. The van der Waals surface area contributed by atoms with Crippen molar-refractivity contribution in [2.75, 3.05) is 18.6 Å². The van der Waals surface area contributed by atoms with Crippen LogP contribution in [0, 0.1) is 17.0 Å². The Kier molecular flexibility index (Phi) is 6.81. The van der Waals surface area contributed by atoms with Crippen molar-refractivity contribution in [3.05, 3.63) is 91.9 Å². The highest BCUT2D eigenvalue weighted by molar-refractivity contribution is 7.17. The molecule has 1 unspecified atom stereocenters. The summed E-state index contributed by atoms with van der Waals surface area (Å²) in [4.78, 5) is 56.2. The molecule has 0 bridgehead atoms. The van der Waals surface area contributed by atoms with Gasteiger partial charge in [-0.3, -0.25) is 24.6 Å². The van der Waals surface area contributed by atoms with Gasteiger partial charge in [0.05, 0.1) is 35.9 Å². The Morgan fingerprint density at radius 3 is 2.67 bits per heavy atom. The van der Waals surface area contributed by atoms with Gasteiger partial charge in [-0.25, -0.2) is 9.78 Å². The summed E-state index contributed by atoms with van der Waals surface area (Å²) in [6.45, 7) is 3.31. The second kappa shape index (κ2) is 10.3. The number of rotatable bonds is 8. The van der Waals surface area contributed by atoms with Crippen molar-refractivity contribution in [2.45, 2.75) is 19.9 Å². The molecule has 0 spiro atoms. The summed E-state index contributed by atoms with van der Waals surface area (Å²) in [5.41, 5.74) is 0.0613. The van der Waals surface area contributed by atoms with Crippen LogP contribution in [0.5, 0.6) is 5.75 Å². The molecule has 3 heterocycles. The third-order valence-electron chi connectivity index (χ3n) is 6.25. The van der Waals surface area contributed by atoms with Gasteiger partial charge in [-0.1, -0.05) is 35.6 Å². The number of esters is 1. The van der Waals surface area contributed by atoms with Gasteiger partial charge in [0.25, 0.3) is 11.6 Å². The maximum Gasteiger partial charge on any atom is 0.350 e. The number of aliphatic hydroxyl groups is 1. The number of ether oxygens (including phenoxy) is 2. The molecule has 2 aromatic carbocycles. The van der Waals surface area contributed by atoms with E-state index in [0.717, 1.165) is 16.2 Å². The van der Waals surface area contributed by atoms with E-state index in [9.17, 15) is 29.6 Å². The van der Waals surface area contributed by atoms with Crippen LogP contribution in [0.3, 0.4) is 0 Å². The lowest BCUT2D eigenvalue weighted by Crippen LogP contribution is -2.31. The summed E-state index contributed by atoms with van der Waals surface area (Å²) < 4.78 is 16.2. The van der Waals surface area contributed by atoms with Gasteiger partial charge < -0.3 is 19.0 Å². The third-order valence-corrected chi connectivity index (χ3v) is 7.39. The number of carbonyl (C=O) groups is 3. The number of aromatic nitrogens is 1. The first-order valence-corrected chi connectivity index (χ1v) is 12.7. The number of nitro benzene ring substituents is 1. The Balaban J connectivity index is 1.67. The number of carbonyl (C=O) groups excluding carboxylic acids is 3. The van der Waals surface area contributed by atoms with Crippen LogP contribution in [0.15, 0.2) is 64.3 Å². The van der Waals surface area contributed by atoms with Crippen molar-refractivity contribution >= 4 is 50.8 Å². The minimum absolute atomic E-state index is 0.0114. The van der Waals surface area contributed by atoms with E-state index >= 15 is 0 Å². The molecule has 0 fully saturated rings. The van der Waals surface area contributed by atoms with Gasteiger partial charge in [-0.05, 0) is 31.5 Å². The zero-order valence-electron chi connectivity index (χ0n) is 21.4. The van der Waals surface area contributed by atoms with Crippen LogP contribution in [-0.4, -0.2) is 46.4 Å². The Labute approximate surface area is 230 Å². The van der Waals surface area contributed by atoms with Crippen molar-refractivity contribution in [2.24, 2.45) is 0 Å². The molecule has 1 N–H and O–H groups in total. The number of thiazole rings is 1. The SMILES string of the molecule is CCOC(=O)c1sc(N2C(=O)C(O)=C(C(=O)c3cc4cccc(OC)c4o3)C2c2cccc([N+](=O)[O-])c2)nc1C. The number of hydrogen-bond acceptors (Lipinski definition) is 11. The zero-order valence-corrected chi connectivity index (χ0v) is 22.2. The summed E-state index contributed by atoms with van der Waals surface area (Å²) in [6, 6.07) is 10.5. The Bertz CT molecular complexity index is 1740. The third kappa shape index (κ3) is 4.35. The highest BCUT2D eigenvalue weighted by Crippen LogP contribution is 2.45. The molecule has 1 aliphatic rings. The van der Waals surface area contributed by atoms with Crippen LogP contribution in [0.25, 0.3) is 11.0 Å². The molecule has 0 saturated heterocycles. The monoisotopic (exact) mass is 563 g/mol. The van der Waals surface area contributed by atoms with E-state index in [2.05, 4.69) is 4.98 Å². The van der Waals surface area contributed by atoms with Gasteiger partial charge in [0.1, 0.15) is 4.88 Å². The normalized spacial score (nSPS) is 15.1. The molecule has 1 amide bonds. The Morgan fingerprint density at radius 1 is 1.23 bits per heavy atom. The zero-order chi connectivity index (χ0) is 28.7. The van der Waals surface area contributed by atoms with Gasteiger partial charge in [-0.15, -0.1) is 0 Å². The Hall–Kier alpha value is -5.04. The number of benzene rings is 2. The number of furan rings is 1. The standard InChI is InChI=1S/C27H21N3O9S/c1-4-38-26(34)24-13(2)28-27(40-24)29-20(14-7-5-9-16(11-14)30(35)36)19(22(32)25(29)33)21(31)18-12-15-8-6-10-17(37-3)23(15)39-18/h5-12,20,32H,4H2,1-3H3. The van der Waals surface area contributed by atoms with E-state index < -0.39 is 34.4 Å². The quantitative estimate of drug-likeness (QED) is 0.132. The lowest BCUT2D eigenvalue weighted by atomic mass is 9.95. The van der Waals surface area contributed by atoms with E-state index in [4.69, 9.17) is 13.9 Å². The smallest absolute Gasteiger partial charge is 0.350 e. The average Bonchev–Trinajstić information content (AvgIpc) is 3.62. The molecule has 12 nitrogen and oxygen atoms in total. The van der Waals surface area contributed by atoms with Crippen molar-refractivity contribution in [3.8, 4) is 5.75 Å². The predicted octanol–water partition coefficient (Wildman–Crippen LogP) is 5.07. The van der Waals surface area contributed by atoms with Gasteiger partial charge in [0.2, 0.25) is 5.78 Å². The van der Waals surface area contributed by atoms with Crippen LogP contribution < -0.4 is 9.64 Å². The highest BCUT2D eigenvalue weighted by atomic mass is 32.1. The minimum atomic E-state index is -1.32. The molecular formula is C27H21N3O9S. The lowest BCUT2D eigenvalue weighted by Gasteiger charge is -2.24. The molecule has 0 radical (unpaired) electrons. The van der Waals surface area contributed by atoms with E-state index in [-0.39, 0.29) is 50.5 Å². The maximum atomic E-state index is 13.9. The topological polar surface area (TPSA) is 162 Å². The van der Waals surface area contributed by atoms with Gasteiger partial charge >= 0.3 is 5.97 Å². The molecule has 1 aliphatic heterocycles. The summed E-state index contributed by atoms with van der Waals surface area (Å²) >= 11 is 0.834. The van der Waals surface area contributed by atoms with Crippen molar-refractivity contribution in [1.82, 2.24) is 4.98 Å². The first kappa shape index (κ1) is 26.6. The summed E-state index contributed by atoms with van der Waals surface area (Å²) in [5, 5.41) is 23.1. The lowest BCUT2D eigenvalue weighted by molar-refractivity contribution is -0.384. The fraction of sp³-hybridized carbons (Fsp3) is 0.185. The second-order valence-electron chi connectivity index (χ2n) is 8.64. The summed E-state index contributed by atoms with van der Waals surface area (Å²) in [7, 11) is 1.44. The minimum Gasteiger partial charge on any atom is -0.503 e. The number of amides is 1. The van der Waals surface area contributed by atoms with E-state index in [1.807, 2.05) is 0 Å². The average molecular weight is 564 g/mol. The van der Waals surface area contributed by atoms with Crippen LogP contribution in [-0.2, 0) is 9.53 Å². The molecule has 0 aliphatic carbocycles. The van der Waals surface area contributed by atoms with E-state index in [1.165, 1.54) is 37.4 Å². The first-order chi connectivity index (χ1) is 19.2. The molecule has 5 rings (SSSR count). The number of nitro groups is 1. The number of aryl methyl sites for hydroxylation is 1. The number of non-ortho nitro benzene ring substituents is 1. The number of fused-ring (bicyclic) bond motifs is 1. The summed E-state index contributed by atoms with van der Waals surface area (Å²) in [5.74, 6) is -3.13. The van der Waals surface area contributed by atoms with E-state index in [0.29, 0.717) is 11.1 Å². The number of anilines is 1. The first-order valence-electron chi connectivity index (χ1n) is 11.9. The Morgan fingerprint density at radius 2 is 1.98 bits per heavy atom. The van der Waals surface area contributed by atoms with Crippen molar-refractivity contribution < 1.29 is 38.3 Å². The second-order valence-corrected chi connectivity index (χ2v) is 9.62. The number of Topliss-reactive ketones (excluding diaryl/α,β-unsaturated/α-hetero) is 1. The van der Waals surface area contributed by atoms with Gasteiger partial charge in [0, 0.05) is 17.5 Å². The summed E-state index contributed by atoms with van der Waals surface area (Å²) in [6.07, 6.45) is 0. The van der Waals surface area contributed by atoms with Crippen LogP contribution in [0.2, 0.25) is 0 Å². The molecule has 40 heavy (non-hydrogen) atoms. The van der Waals surface area contributed by atoms with Gasteiger partial charge in [-0.2, -0.15) is 0 Å². The fourth-order valence-electron chi connectivity index (χ4n) is 4.47. The molecule has 13 heteroatoms. The number of nitrogens with zero attached hydrogens (tertiary/aromatic N) is 3. The number of para-hydroxylation sites is 1. The highest BCUT2D eigenvalue weighted by Gasteiger charge is 2.47. The largest absolute Gasteiger partial charge is 0.503 e. The molecule has 2 aromatic heterocycles. The predicted molar refractivity (Wildman–Crippen MR) is 143 cm³/mol. The number of methoxy groups -OCH3 is 1. The number of hydrogen-bond donors (Lipinski definition) is 1. The van der Waals surface area contributed by atoms with Crippen LogP contribution >= 0.6 is 11.3 Å². The van der Waals surface area contributed by atoms with Crippen LogP contribution in [0.4, 0.5) is 10.8 Å².